The molecule has 0 saturated heterocycles. The van der Waals surface area contributed by atoms with Crippen LogP contribution in [0.3, 0.4) is 0 Å². The maximum absolute atomic E-state index is 12.7. The average Bonchev–Trinajstić information content (AvgIpc) is 3.24. The summed E-state index contributed by atoms with van der Waals surface area (Å²) >= 11 is 1.74. The van der Waals surface area contributed by atoms with E-state index in [1.807, 2.05) is 30.8 Å². The van der Waals surface area contributed by atoms with Crippen molar-refractivity contribution in [3.05, 3.63) is 70.8 Å². The van der Waals surface area contributed by atoms with Crippen LogP contribution in [0.2, 0.25) is 0 Å². The molecule has 3 aromatic rings. The van der Waals surface area contributed by atoms with Crippen LogP contribution in [0.15, 0.2) is 47.5 Å². The van der Waals surface area contributed by atoms with Crippen molar-refractivity contribution in [2.45, 2.75) is 31.3 Å². The predicted molar refractivity (Wildman–Crippen MR) is 111 cm³/mol. The fourth-order valence-corrected chi connectivity index (χ4v) is 4.60. The lowest BCUT2D eigenvalue weighted by Crippen LogP contribution is -2.26. The summed E-state index contributed by atoms with van der Waals surface area (Å²) in [6.07, 6.45) is 2.80. The van der Waals surface area contributed by atoms with Crippen LogP contribution in [-0.4, -0.2) is 31.1 Å². The molecular formula is C21H25N5OS. The van der Waals surface area contributed by atoms with E-state index in [4.69, 9.17) is 0 Å². The SMILES string of the molecule is Cc1c(SN2CCc3ccccc3C2)cc(C(=O)NCc2ccnn2C)n1C. The molecule has 1 N–H and O–H groups in total. The highest BCUT2D eigenvalue weighted by molar-refractivity contribution is 7.97. The number of fused-ring (bicyclic) bond motifs is 1. The highest BCUT2D eigenvalue weighted by Crippen LogP contribution is 2.32. The minimum Gasteiger partial charge on any atom is -0.345 e. The van der Waals surface area contributed by atoms with E-state index in [0.29, 0.717) is 12.2 Å². The Balaban J connectivity index is 1.45. The van der Waals surface area contributed by atoms with E-state index < -0.39 is 0 Å². The van der Waals surface area contributed by atoms with Crippen LogP contribution in [0, 0.1) is 6.92 Å². The summed E-state index contributed by atoms with van der Waals surface area (Å²) in [5.41, 5.74) is 5.60. The zero-order valence-electron chi connectivity index (χ0n) is 16.5. The van der Waals surface area contributed by atoms with Gasteiger partial charge < -0.3 is 9.88 Å². The lowest BCUT2D eigenvalue weighted by molar-refractivity contribution is 0.0941. The molecule has 146 valence electrons. The van der Waals surface area contributed by atoms with Gasteiger partial charge in [-0.05, 0) is 48.6 Å². The molecule has 0 radical (unpaired) electrons. The second-order valence-electron chi connectivity index (χ2n) is 7.14. The number of aryl methyl sites for hydroxylation is 1. The Kier molecular flexibility index (Phi) is 5.28. The molecule has 1 aromatic carbocycles. The minimum absolute atomic E-state index is 0.0670. The molecule has 3 heterocycles. The van der Waals surface area contributed by atoms with Crippen LogP contribution >= 0.6 is 11.9 Å². The molecule has 28 heavy (non-hydrogen) atoms. The number of hydrogen-bond acceptors (Lipinski definition) is 4. The molecule has 0 spiro atoms. The Hall–Kier alpha value is -2.51. The van der Waals surface area contributed by atoms with Gasteiger partial charge in [0.1, 0.15) is 5.69 Å². The number of nitrogens with one attached hydrogen (secondary N) is 1. The van der Waals surface area contributed by atoms with Gasteiger partial charge in [-0.15, -0.1) is 0 Å². The van der Waals surface area contributed by atoms with Gasteiger partial charge in [0, 0.05) is 44.0 Å². The standard InChI is InChI=1S/C21H25N5OS/c1-15-20(28-26-11-9-16-6-4-5-7-17(16)14-26)12-19(24(15)2)21(27)22-13-18-8-10-23-25(18)3/h4-8,10,12H,9,11,13-14H2,1-3H3,(H,22,27). The number of amides is 1. The van der Waals surface area contributed by atoms with E-state index in [1.165, 1.54) is 11.1 Å². The molecular weight excluding hydrogens is 370 g/mol. The molecule has 1 aliphatic heterocycles. The van der Waals surface area contributed by atoms with Crippen LogP contribution in [-0.2, 0) is 33.6 Å². The third-order valence-corrected chi connectivity index (χ3v) is 6.58. The first-order valence-electron chi connectivity index (χ1n) is 9.44. The molecule has 6 nitrogen and oxygen atoms in total. The molecule has 7 heteroatoms. The Morgan fingerprint density at radius 2 is 2.00 bits per heavy atom. The molecule has 4 rings (SSSR count). The predicted octanol–water partition coefficient (Wildman–Crippen LogP) is 3.06. The minimum atomic E-state index is -0.0670. The maximum atomic E-state index is 12.7. The lowest BCUT2D eigenvalue weighted by Gasteiger charge is -2.27. The van der Waals surface area contributed by atoms with Gasteiger partial charge in [-0.3, -0.25) is 9.48 Å². The van der Waals surface area contributed by atoms with Gasteiger partial charge in [0.25, 0.3) is 5.91 Å². The Morgan fingerprint density at radius 1 is 1.21 bits per heavy atom. The van der Waals surface area contributed by atoms with E-state index >= 15 is 0 Å². The van der Waals surface area contributed by atoms with E-state index in [-0.39, 0.29) is 5.91 Å². The van der Waals surface area contributed by atoms with Gasteiger partial charge in [0.15, 0.2) is 0 Å². The van der Waals surface area contributed by atoms with Gasteiger partial charge in [0.05, 0.1) is 12.2 Å². The van der Waals surface area contributed by atoms with Crippen molar-refractivity contribution < 1.29 is 4.79 Å². The smallest absolute Gasteiger partial charge is 0.268 e. The lowest BCUT2D eigenvalue weighted by atomic mass is 10.0. The third-order valence-electron chi connectivity index (χ3n) is 5.40. The second kappa shape index (κ2) is 7.85. The summed E-state index contributed by atoms with van der Waals surface area (Å²) in [6.45, 7) is 4.47. The summed E-state index contributed by atoms with van der Waals surface area (Å²) in [7, 11) is 3.82. The van der Waals surface area contributed by atoms with E-state index in [2.05, 4.69) is 45.9 Å². The second-order valence-corrected chi connectivity index (χ2v) is 8.28. The summed E-state index contributed by atoms with van der Waals surface area (Å²) < 4.78 is 6.12. The molecule has 0 aliphatic carbocycles. The largest absolute Gasteiger partial charge is 0.345 e. The number of aromatic nitrogens is 3. The zero-order chi connectivity index (χ0) is 19.7. The van der Waals surface area contributed by atoms with Crippen LogP contribution < -0.4 is 5.32 Å². The first-order chi connectivity index (χ1) is 13.5. The number of hydrogen-bond donors (Lipinski definition) is 1. The molecule has 1 amide bonds. The summed E-state index contributed by atoms with van der Waals surface area (Å²) in [5.74, 6) is -0.0670. The van der Waals surface area contributed by atoms with Crippen LogP contribution in [0.1, 0.15) is 33.0 Å². The first kappa shape index (κ1) is 18.8. The fourth-order valence-electron chi connectivity index (χ4n) is 3.50. The van der Waals surface area contributed by atoms with E-state index in [1.54, 1.807) is 22.8 Å². The number of carbonyl (C=O) groups is 1. The quantitative estimate of drug-likeness (QED) is 0.675. The van der Waals surface area contributed by atoms with E-state index in [0.717, 1.165) is 35.8 Å². The Bertz CT molecular complexity index is 1010. The average molecular weight is 396 g/mol. The van der Waals surface area contributed by atoms with Crippen LogP contribution in [0.4, 0.5) is 0 Å². The molecule has 0 atom stereocenters. The van der Waals surface area contributed by atoms with Crippen LogP contribution in [0.5, 0.6) is 0 Å². The molecule has 0 fully saturated rings. The van der Waals surface area contributed by atoms with Crippen molar-refractivity contribution >= 4 is 17.9 Å². The van der Waals surface area contributed by atoms with Crippen molar-refractivity contribution in [3.8, 4) is 0 Å². The number of rotatable bonds is 5. The van der Waals surface area contributed by atoms with Crippen molar-refractivity contribution in [1.82, 2.24) is 24.0 Å². The molecule has 0 saturated carbocycles. The van der Waals surface area contributed by atoms with E-state index in [9.17, 15) is 4.79 Å². The first-order valence-corrected chi connectivity index (χ1v) is 10.2. The Labute approximate surface area is 169 Å². The van der Waals surface area contributed by atoms with Gasteiger partial charge in [-0.2, -0.15) is 5.10 Å². The van der Waals surface area contributed by atoms with Crippen molar-refractivity contribution in [2.24, 2.45) is 14.1 Å². The third kappa shape index (κ3) is 3.72. The summed E-state index contributed by atoms with van der Waals surface area (Å²) in [4.78, 5) is 13.8. The van der Waals surface area contributed by atoms with Crippen molar-refractivity contribution in [2.75, 3.05) is 6.54 Å². The molecule has 1 aliphatic rings. The van der Waals surface area contributed by atoms with Gasteiger partial charge >= 0.3 is 0 Å². The number of benzene rings is 1. The Morgan fingerprint density at radius 3 is 2.75 bits per heavy atom. The van der Waals surface area contributed by atoms with Gasteiger partial charge in [-0.25, -0.2) is 4.31 Å². The summed E-state index contributed by atoms with van der Waals surface area (Å²) in [6, 6.07) is 12.5. The normalized spacial score (nSPS) is 14.1. The summed E-state index contributed by atoms with van der Waals surface area (Å²) in [5, 5.41) is 7.13. The monoisotopic (exact) mass is 395 g/mol. The zero-order valence-corrected chi connectivity index (χ0v) is 17.3. The number of carbonyl (C=O) groups excluding carboxylic acids is 1. The van der Waals surface area contributed by atoms with Gasteiger partial charge in [0.2, 0.25) is 0 Å². The van der Waals surface area contributed by atoms with Crippen molar-refractivity contribution in [1.29, 1.82) is 0 Å². The fraction of sp³-hybridized carbons (Fsp3) is 0.333. The molecule has 0 unspecified atom stereocenters. The van der Waals surface area contributed by atoms with Crippen molar-refractivity contribution in [3.63, 3.8) is 0 Å². The molecule has 0 bridgehead atoms. The van der Waals surface area contributed by atoms with Gasteiger partial charge in [-0.1, -0.05) is 24.3 Å². The highest BCUT2D eigenvalue weighted by atomic mass is 32.2. The topological polar surface area (TPSA) is 55.1 Å². The highest BCUT2D eigenvalue weighted by Gasteiger charge is 2.21. The number of nitrogens with zero attached hydrogens (tertiary/aromatic N) is 4. The van der Waals surface area contributed by atoms with Crippen LogP contribution in [0.25, 0.3) is 0 Å². The maximum Gasteiger partial charge on any atom is 0.268 e. The molecule has 2 aromatic heterocycles.